The van der Waals surface area contributed by atoms with Gasteiger partial charge in [0.2, 0.25) is 0 Å². The zero-order valence-electron chi connectivity index (χ0n) is 14.2. The van der Waals surface area contributed by atoms with Gasteiger partial charge in [0, 0.05) is 18.4 Å². The molecule has 0 spiro atoms. The first-order valence-electron chi connectivity index (χ1n) is 8.48. The molecule has 126 valence electrons. The number of likely N-dealkylation sites (tertiary alicyclic amines) is 1. The number of hydrogen-bond donors (Lipinski definition) is 0. The number of amides is 1. The fourth-order valence-electron chi connectivity index (χ4n) is 3.15. The van der Waals surface area contributed by atoms with Crippen LogP contribution in [0.25, 0.3) is 0 Å². The van der Waals surface area contributed by atoms with Gasteiger partial charge in [0.15, 0.2) is 6.61 Å². The maximum absolute atomic E-state index is 12.6. The number of nitrogens with zero attached hydrogens (tertiary/aromatic N) is 3. The van der Waals surface area contributed by atoms with Gasteiger partial charge >= 0.3 is 0 Å². The molecule has 1 amide bonds. The molecule has 5 nitrogen and oxygen atoms in total. The van der Waals surface area contributed by atoms with Crippen molar-refractivity contribution in [2.24, 2.45) is 0 Å². The number of rotatable bonds is 5. The predicted molar refractivity (Wildman–Crippen MR) is 91.8 cm³/mol. The standard InChI is InChI=1S/C19H23N3O2/c1-3-15-18(10-9-14(2)21-15)24-13-19(23)22-12-6-8-17(22)16-7-4-5-11-20-16/h4-5,7,9-11,17H,3,6,8,12-13H2,1-2H3. The van der Waals surface area contributed by atoms with Crippen molar-refractivity contribution in [2.75, 3.05) is 13.2 Å². The molecule has 1 aliphatic heterocycles. The van der Waals surface area contributed by atoms with Crippen LogP contribution in [0.5, 0.6) is 5.75 Å². The highest BCUT2D eigenvalue weighted by Crippen LogP contribution is 2.30. The molecule has 3 rings (SSSR count). The molecule has 0 radical (unpaired) electrons. The van der Waals surface area contributed by atoms with Crippen molar-refractivity contribution < 1.29 is 9.53 Å². The van der Waals surface area contributed by atoms with E-state index in [0.29, 0.717) is 5.75 Å². The van der Waals surface area contributed by atoms with Crippen LogP contribution in [0.2, 0.25) is 0 Å². The first kappa shape index (κ1) is 16.4. The average molecular weight is 325 g/mol. The van der Waals surface area contributed by atoms with E-state index in [1.165, 1.54) is 0 Å². The van der Waals surface area contributed by atoms with E-state index in [9.17, 15) is 4.79 Å². The molecular weight excluding hydrogens is 302 g/mol. The Morgan fingerprint density at radius 1 is 1.33 bits per heavy atom. The molecule has 0 N–H and O–H groups in total. The minimum absolute atomic E-state index is 0.00535. The molecule has 0 aliphatic carbocycles. The molecule has 1 aliphatic rings. The summed E-state index contributed by atoms with van der Waals surface area (Å²) < 4.78 is 5.77. The van der Waals surface area contributed by atoms with Crippen LogP contribution in [0.4, 0.5) is 0 Å². The van der Waals surface area contributed by atoms with Crippen LogP contribution in [0.1, 0.15) is 42.9 Å². The smallest absolute Gasteiger partial charge is 0.261 e. The molecule has 1 saturated heterocycles. The summed E-state index contributed by atoms with van der Waals surface area (Å²) in [4.78, 5) is 23.4. The van der Waals surface area contributed by atoms with Crippen molar-refractivity contribution in [2.45, 2.75) is 39.2 Å². The van der Waals surface area contributed by atoms with Crippen molar-refractivity contribution in [1.29, 1.82) is 0 Å². The quantitative estimate of drug-likeness (QED) is 0.848. The maximum atomic E-state index is 12.6. The van der Waals surface area contributed by atoms with Crippen molar-refractivity contribution in [3.63, 3.8) is 0 Å². The monoisotopic (exact) mass is 325 g/mol. The highest BCUT2D eigenvalue weighted by atomic mass is 16.5. The molecule has 2 aromatic heterocycles. The molecule has 0 bridgehead atoms. The first-order valence-corrected chi connectivity index (χ1v) is 8.48. The van der Waals surface area contributed by atoms with E-state index in [-0.39, 0.29) is 18.6 Å². The highest BCUT2D eigenvalue weighted by molar-refractivity contribution is 5.78. The van der Waals surface area contributed by atoms with Gasteiger partial charge < -0.3 is 9.64 Å². The number of ether oxygens (including phenoxy) is 1. The Bertz CT molecular complexity index is 703. The fourth-order valence-corrected chi connectivity index (χ4v) is 3.15. The largest absolute Gasteiger partial charge is 0.482 e. The van der Waals surface area contributed by atoms with E-state index in [0.717, 1.165) is 42.9 Å². The van der Waals surface area contributed by atoms with Crippen LogP contribution in [-0.2, 0) is 11.2 Å². The van der Waals surface area contributed by atoms with Crippen LogP contribution in [0.15, 0.2) is 36.5 Å². The molecule has 1 unspecified atom stereocenters. The number of carbonyl (C=O) groups excluding carboxylic acids is 1. The predicted octanol–water partition coefficient (Wildman–Crippen LogP) is 3.09. The lowest BCUT2D eigenvalue weighted by molar-refractivity contribution is -0.134. The Morgan fingerprint density at radius 3 is 2.96 bits per heavy atom. The SMILES string of the molecule is CCc1nc(C)ccc1OCC(=O)N1CCCC1c1ccccn1. The van der Waals surface area contributed by atoms with Crippen LogP contribution < -0.4 is 4.74 Å². The summed E-state index contributed by atoms with van der Waals surface area (Å²) in [5.74, 6) is 0.704. The van der Waals surface area contributed by atoms with E-state index in [4.69, 9.17) is 4.74 Å². The lowest BCUT2D eigenvalue weighted by Crippen LogP contribution is -2.34. The molecular formula is C19H23N3O2. The summed E-state index contributed by atoms with van der Waals surface area (Å²) in [6, 6.07) is 9.70. The average Bonchev–Trinajstić information content (AvgIpc) is 3.11. The molecule has 5 heteroatoms. The van der Waals surface area contributed by atoms with Gasteiger partial charge in [0.05, 0.1) is 17.4 Å². The minimum Gasteiger partial charge on any atom is -0.482 e. The second-order valence-electron chi connectivity index (χ2n) is 6.04. The number of carbonyl (C=O) groups is 1. The van der Waals surface area contributed by atoms with E-state index >= 15 is 0 Å². The van der Waals surface area contributed by atoms with Crippen molar-refractivity contribution in [3.05, 3.63) is 53.6 Å². The van der Waals surface area contributed by atoms with Crippen molar-refractivity contribution in [3.8, 4) is 5.75 Å². The van der Waals surface area contributed by atoms with Gasteiger partial charge in [-0.05, 0) is 50.5 Å². The van der Waals surface area contributed by atoms with E-state index in [2.05, 4.69) is 9.97 Å². The third-order valence-corrected chi connectivity index (χ3v) is 4.36. The Hall–Kier alpha value is -2.43. The zero-order chi connectivity index (χ0) is 16.9. The summed E-state index contributed by atoms with van der Waals surface area (Å²) in [6.45, 7) is 4.79. The van der Waals surface area contributed by atoms with Gasteiger partial charge in [0.25, 0.3) is 5.91 Å². The summed E-state index contributed by atoms with van der Waals surface area (Å²) in [5, 5.41) is 0. The number of pyridine rings is 2. The second kappa shape index (κ2) is 7.43. The maximum Gasteiger partial charge on any atom is 0.261 e. The molecule has 2 aromatic rings. The van der Waals surface area contributed by atoms with Crippen LogP contribution in [-0.4, -0.2) is 33.9 Å². The summed E-state index contributed by atoms with van der Waals surface area (Å²) >= 11 is 0. The fraction of sp³-hybridized carbons (Fsp3) is 0.421. The van der Waals surface area contributed by atoms with Crippen LogP contribution in [0.3, 0.4) is 0 Å². The molecule has 24 heavy (non-hydrogen) atoms. The first-order chi connectivity index (χ1) is 11.7. The molecule has 0 saturated carbocycles. The van der Waals surface area contributed by atoms with Gasteiger partial charge in [-0.15, -0.1) is 0 Å². The Labute approximate surface area is 142 Å². The van der Waals surface area contributed by atoms with E-state index in [1.807, 2.05) is 49.1 Å². The van der Waals surface area contributed by atoms with E-state index < -0.39 is 0 Å². The summed E-state index contributed by atoms with van der Waals surface area (Å²) in [7, 11) is 0. The minimum atomic E-state index is 0.00535. The highest BCUT2D eigenvalue weighted by Gasteiger charge is 2.30. The lowest BCUT2D eigenvalue weighted by Gasteiger charge is -2.24. The Kier molecular flexibility index (Phi) is 5.08. The van der Waals surface area contributed by atoms with Crippen molar-refractivity contribution in [1.82, 2.24) is 14.9 Å². The molecule has 1 fully saturated rings. The Balaban J connectivity index is 1.67. The third kappa shape index (κ3) is 3.55. The number of aromatic nitrogens is 2. The molecule has 0 aromatic carbocycles. The second-order valence-corrected chi connectivity index (χ2v) is 6.04. The van der Waals surface area contributed by atoms with Gasteiger partial charge in [-0.2, -0.15) is 0 Å². The van der Waals surface area contributed by atoms with Crippen LogP contribution >= 0.6 is 0 Å². The van der Waals surface area contributed by atoms with Crippen molar-refractivity contribution >= 4 is 5.91 Å². The zero-order valence-corrected chi connectivity index (χ0v) is 14.2. The number of aryl methyl sites for hydroxylation is 2. The Morgan fingerprint density at radius 2 is 2.21 bits per heavy atom. The number of hydrogen-bond acceptors (Lipinski definition) is 4. The summed E-state index contributed by atoms with van der Waals surface area (Å²) in [5.41, 5.74) is 2.81. The van der Waals surface area contributed by atoms with Gasteiger partial charge in [-0.1, -0.05) is 13.0 Å². The third-order valence-electron chi connectivity index (χ3n) is 4.36. The van der Waals surface area contributed by atoms with Gasteiger partial charge in [-0.3, -0.25) is 14.8 Å². The summed E-state index contributed by atoms with van der Waals surface area (Å²) in [6.07, 6.45) is 4.51. The van der Waals surface area contributed by atoms with Gasteiger partial charge in [-0.25, -0.2) is 0 Å². The van der Waals surface area contributed by atoms with Gasteiger partial charge in [0.1, 0.15) is 5.75 Å². The topological polar surface area (TPSA) is 55.3 Å². The normalized spacial score (nSPS) is 17.1. The lowest BCUT2D eigenvalue weighted by atomic mass is 10.1. The van der Waals surface area contributed by atoms with E-state index in [1.54, 1.807) is 6.20 Å². The molecule has 3 heterocycles. The van der Waals surface area contributed by atoms with Crippen LogP contribution in [0, 0.1) is 6.92 Å². The molecule has 1 atom stereocenters.